The van der Waals surface area contributed by atoms with E-state index in [2.05, 4.69) is 53.1 Å². The molecule has 0 unspecified atom stereocenters. The van der Waals surface area contributed by atoms with E-state index >= 15 is 0 Å². The minimum Gasteiger partial charge on any atom is -0.368 e. The van der Waals surface area contributed by atoms with E-state index in [1.165, 1.54) is 0 Å². The van der Waals surface area contributed by atoms with Gasteiger partial charge in [0.2, 0.25) is 5.91 Å². The molecule has 2 aromatic rings. The van der Waals surface area contributed by atoms with Gasteiger partial charge in [0.25, 0.3) is 5.91 Å². The van der Waals surface area contributed by atoms with Gasteiger partial charge in [-0.25, -0.2) is 0 Å². The van der Waals surface area contributed by atoms with Crippen molar-refractivity contribution in [2.45, 2.75) is 12.5 Å². The summed E-state index contributed by atoms with van der Waals surface area (Å²) in [4.78, 5) is 24.0. The Morgan fingerprint density at radius 2 is 1.65 bits per heavy atom. The fraction of sp³-hybridized carbons (Fsp3) is 0.125. The first kappa shape index (κ1) is 18.2. The van der Waals surface area contributed by atoms with Crippen molar-refractivity contribution >= 4 is 59.6 Å². The third-order valence-electron chi connectivity index (χ3n) is 3.10. The lowest BCUT2D eigenvalue weighted by atomic mass is 10.0. The Kier molecular flexibility index (Phi) is 6.38. The van der Waals surface area contributed by atoms with E-state index in [-0.39, 0.29) is 5.91 Å². The van der Waals surface area contributed by atoms with Gasteiger partial charge in [0.1, 0.15) is 6.04 Å². The first-order valence-electron chi connectivity index (χ1n) is 6.66. The predicted octanol–water partition coefficient (Wildman–Crippen LogP) is 3.80. The number of hydrogen-bond acceptors (Lipinski definition) is 2. The van der Waals surface area contributed by atoms with E-state index in [4.69, 9.17) is 5.73 Å². The van der Waals surface area contributed by atoms with Gasteiger partial charge < -0.3 is 11.1 Å². The first-order chi connectivity index (χ1) is 10.8. The number of carbonyl (C=O) groups excluding carboxylic acids is 2. The Labute approximate surface area is 159 Å². The zero-order valence-corrected chi connectivity index (χ0v) is 16.6. The van der Waals surface area contributed by atoms with Gasteiger partial charge in [0.15, 0.2) is 0 Å². The SMILES string of the molecule is NC(=O)[C@H](Cc1cccc(Br)c1)NC(=O)c1cc(Br)cc(Br)c1. The summed E-state index contributed by atoms with van der Waals surface area (Å²) < 4.78 is 2.43. The quantitative estimate of drug-likeness (QED) is 0.650. The second-order valence-corrected chi connectivity index (χ2v) is 7.67. The summed E-state index contributed by atoms with van der Waals surface area (Å²) in [7, 11) is 0. The normalized spacial score (nSPS) is 11.8. The van der Waals surface area contributed by atoms with Crippen molar-refractivity contribution in [3.63, 3.8) is 0 Å². The predicted molar refractivity (Wildman–Crippen MR) is 100 cm³/mol. The molecule has 0 bridgehead atoms. The van der Waals surface area contributed by atoms with E-state index in [9.17, 15) is 9.59 Å². The summed E-state index contributed by atoms with van der Waals surface area (Å²) in [5, 5.41) is 2.68. The van der Waals surface area contributed by atoms with Crippen LogP contribution in [0.4, 0.5) is 0 Å². The van der Waals surface area contributed by atoms with Crippen molar-refractivity contribution < 1.29 is 9.59 Å². The van der Waals surface area contributed by atoms with Crippen LogP contribution < -0.4 is 11.1 Å². The van der Waals surface area contributed by atoms with Crippen molar-refractivity contribution in [3.05, 3.63) is 67.0 Å². The van der Waals surface area contributed by atoms with Crippen LogP contribution in [0.3, 0.4) is 0 Å². The van der Waals surface area contributed by atoms with E-state index in [1.807, 2.05) is 30.3 Å². The van der Waals surface area contributed by atoms with E-state index in [0.717, 1.165) is 19.0 Å². The van der Waals surface area contributed by atoms with E-state index in [1.54, 1.807) is 12.1 Å². The molecule has 4 nitrogen and oxygen atoms in total. The Morgan fingerprint density at radius 3 is 2.22 bits per heavy atom. The summed E-state index contributed by atoms with van der Waals surface area (Å²) in [5.74, 6) is -0.932. The second-order valence-electron chi connectivity index (χ2n) is 4.92. The molecule has 2 amide bonds. The third kappa shape index (κ3) is 5.44. The highest BCUT2D eigenvalue weighted by Gasteiger charge is 2.20. The Balaban J connectivity index is 2.15. The van der Waals surface area contributed by atoms with Crippen LogP contribution in [0.5, 0.6) is 0 Å². The molecule has 7 heteroatoms. The van der Waals surface area contributed by atoms with Crippen LogP contribution in [0.1, 0.15) is 15.9 Å². The van der Waals surface area contributed by atoms with Crippen LogP contribution in [-0.4, -0.2) is 17.9 Å². The summed E-state index contributed by atoms with van der Waals surface area (Å²) in [6.45, 7) is 0. The number of benzene rings is 2. The second kappa shape index (κ2) is 8.08. The molecule has 0 heterocycles. The van der Waals surface area contributed by atoms with Crippen molar-refractivity contribution in [3.8, 4) is 0 Å². The number of nitrogens with one attached hydrogen (secondary N) is 1. The molecule has 0 spiro atoms. The van der Waals surface area contributed by atoms with Crippen LogP contribution in [0.25, 0.3) is 0 Å². The molecule has 23 heavy (non-hydrogen) atoms. The molecule has 0 aliphatic heterocycles. The van der Waals surface area contributed by atoms with Crippen LogP contribution in [0.2, 0.25) is 0 Å². The van der Waals surface area contributed by atoms with Crippen LogP contribution in [-0.2, 0) is 11.2 Å². The van der Waals surface area contributed by atoms with Crippen molar-refractivity contribution in [2.75, 3.05) is 0 Å². The average Bonchev–Trinajstić information content (AvgIpc) is 2.45. The van der Waals surface area contributed by atoms with Gasteiger partial charge in [0.05, 0.1) is 0 Å². The molecular weight excluding hydrogens is 492 g/mol. The van der Waals surface area contributed by atoms with Gasteiger partial charge >= 0.3 is 0 Å². The molecule has 0 fully saturated rings. The number of primary amides is 1. The highest BCUT2D eigenvalue weighted by atomic mass is 79.9. The van der Waals surface area contributed by atoms with Crippen LogP contribution in [0, 0.1) is 0 Å². The van der Waals surface area contributed by atoms with E-state index < -0.39 is 11.9 Å². The summed E-state index contributed by atoms with van der Waals surface area (Å²) in [6, 6.07) is 11.9. The summed E-state index contributed by atoms with van der Waals surface area (Å²) in [5.41, 5.74) is 6.76. The zero-order valence-electron chi connectivity index (χ0n) is 11.9. The monoisotopic (exact) mass is 502 g/mol. The molecule has 3 N–H and O–H groups in total. The lowest BCUT2D eigenvalue weighted by Crippen LogP contribution is -2.45. The molecule has 2 aromatic carbocycles. The zero-order chi connectivity index (χ0) is 17.0. The number of nitrogens with two attached hydrogens (primary N) is 1. The summed E-state index contributed by atoms with van der Waals surface area (Å²) in [6.07, 6.45) is 0.329. The Bertz CT molecular complexity index is 730. The van der Waals surface area contributed by atoms with Gasteiger partial charge in [-0.3, -0.25) is 9.59 Å². The van der Waals surface area contributed by atoms with Crippen molar-refractivity contribution in [1.82, 2.24) is 5.32 Å². The number of hydrogen-bond donors (Lipinski definition) is 2. The third-order valence-corrected chi connectivity index (χ3v) is 4.51. The molecular formula is C16H13Br3N2O2. The number of carbonyl (C=O) groups is 2. The smallest absolute Gasteiger partial charge is 0.252 e. The van der Waals surface area contributed by atoms with Gasteiger partial charge in [-0.05, 0) is 35.9 Å². The fourth-order valence-corrected chi connectivity index (χ4v) is 3.79. The van der Waals surface area contributed by atoms with Gasteiger partial charge in [-0.15, -0.1) is 0 Å². The number of amides is 2. The molecule has 0 aromatic heterocycles. The van der Waals surface area contributed by atoms with Gasteiger partial charge in [0, 0.05) is 25.4 Å². The topological polar surface area (TPSA) is 72.2 Å². The lowest BCUT2D eigenvalue weighted by molar-refractivity contribution is -0.119. The molecule has 2 rings (SSSR count). The average molecular weight is 505 g/mol. The molecule has 0 saturated heterocycles. The molecule has 0 radical (unpaired) electrons. The van der Waals surface area contributed by atoms with Crippen molar-refractivity contribution in [1.29, 1.82) is 0 Å². The van der Waals surface area contributed by atoms with Crippen molar-refractivity contribution in [2.24, 2.45) is 5.73 Å². The largest absolute Gasteiger partial charge is 0.368 e. The molecule has 0 saturated carbocycles. The maximum atomic E-state index is 12.4. The fourth-order valence-electron chi connectivity index (χ4n) is 2.05. The van der Waals surface area contributed by atoms with E-state index in [0.29, 0.717) is 12.0 Å². The molecule has 0 aliphatic rings. The first-order valence-corrected chi connectivity index (χ1v) is 9.04. The van der Waals surface area contributed by atoms with Crippen LogP contribution >= 0.6 is 47.8 Å². The minimum atomic E-state index is -0.783. The Hall–Kier alpha value is -1.18. The maximum Gasteiger partial charge on any atom is 0.252 e. The molecule has 120 valence electrons. The number of rotatable bonds is 5. The van der Waals surface area contributed by atoms with Gasteiger partial charge in [-0.1, -0.05) is 59.9 Å². The highest BCUT2D eigenvalue weighted by Crippen LogP contribution is 2.20. The lowest BCUT2D eigenvalue weighted by Gasteiger charge is -2.16. The standard InChI is InChI=1S/C16H13Br3N2O2/c17-11-3-1-2-9(4-11)5-14(15(20)22)21-16(23)10-6-12(18)8-13(19)7-10/h1-4,6-8,14H,5H2,(H2,20,22)(H,21,23)/t14-/m0/s1. The van der Waals surface area contributed by atoms with Gasteiger partial charge in [-0.2, -0.15) is 0 Å². The minimum absolute atomic E-state index is 0.329. The Morgan fingerprint density at radius 1 is 1.00 bits per heavy atom. The highest BCUT2D eigenvalue weighted by molar-refractivity contribution is 9.11. The maximum absolute atomic E-state index is 12.4. The summed E-state index contributed by atoms with van der Waals surface area (Å²) >= 11 is 10.0. The molecule has 0 aliphatic carbocycles. The number of halogens is 3. The molecule has 1 atom stereocenters. The van der Waals surface area contributed by atoms with Crippen LogP contribution in [0.15, 0.2) is 55.9 Å².